The van der Waals surface area contributed by atoms with Gasteiger partial charge in [0, 0.05) is 16.3 Å². The Morgan fingerprint density at radius 1 is 1.50 bits per heavy atom. The third kappa shape index (κ3) is 2.88. The van der Waals surface area contributed by atoms with Crippen molar-refractivity contribution in [2.45, 2.75) is 38.9 Å². The van der Waals surface area contributed by atoms with E-state index in [1.165, 1.54) is 39.3 Å². The molecule has 1 aliphatic rings. The van der Waals surface area contributed by atoms with Crippen molar-refractivity contribution >= 4 is 17.2 Å². The van der Waals surface area contributed by atoms with Crippen molar-refractivity contribution in [1.29, 1.82) is 0 Å². The number of rotatable bonds is 5. The van der Waals surface area contributed by atoms with E-state index in [2.05, 4.69) is 21.7 Å². The number of nitrogens with zero attached hydrogens (tertiary/aromatic N) is 3. The van der Waals surface area contributed by atoms with Gasteiger partial charge in [0.25, 0.3) is 0 Å². The summed E-state index contributed by atoms with van der Waals surface area (Å²) >= 11 is 1.81. The monoisotopic (exact) mass is 291 g/mol. The highest BCUT2D eigenvalue weighted by atomic mass is 32.1. The van der Waals surface area contributed by atoms with Crippen molar-refractivity contribution in [3.63, 3.8) is 0 Å². The van der Waals surface area contributed by atoms with Crippen LogP contribution in [0.15, 0.2) is 12.3 Å². The summed E-state index contributed by atoms with van der Waals surface area (Å²) < 4.78 is 1.51. The van der Waals surface area contributed by atoms with Crippen molar-refractivity contribution in [2.24, 2.45) is 5.73 Å². The normalized spacial score (nSPS) is 13.4. The van der Waals surface area contributed by atoms with Gasteiger partial charge < -0.3 is 11.1 Å². The average molecular weight is 291 g/mol. The standard InChI is InChI=1S/C13H17N5OS/c14-5-10-7-18(17-16-10)8-13(19)15-6-11-4-9-2-1-3-12(9)20-11/h4,7H,1-3,5-6,8,14H2,(H,15,19). The molecule has 0 aromatic carbocycles. The van der Waals surface area contributed by atoms with Crippen molar-refractivity contribution < 1.29 is 4.79 Å². The quantitative estimate of drug-likeness (QED) is 0.845. The Balaban J connectivity index is 1.51. The molecule has 0 bridgehead atoms. The molecule has 1 amide bonds. The Kier molecular flexibility index (Phi) is 3.79. The maximum absolute atomic E-state index is 11.8. The molecule has 0 saturated carbocycles. The number of amides is 1. The van der Waals surface area contributed by atoms with E-state index in [4.69, 9.17) is 5.73 Å². The van der Waals surface area contributed by atoms with Crippen LogP contribution in [0.5, 0.6) is 0 Å². The molecule has 0 radical (unpaired) electrons. The van der Waals surface area contributed by atoms with Crippen molar-refractivity contribution in [2.75, 3.05) is 0 Å². The van der Waals surface area contributed by atoms with Crippen LogP contribution in [-0.4, -0.2) is 20.9 Å². The minimum absolute atomic E-state index is 0.0629. The van der Waals surface area contributed by atoms with E-state index in [0.29, 0.717) is 18.8 Å². The number of carbonyl (C=O) groups is 1. The molecule has 3 rings (SSSR count). The number of fused-ring (bicyclic) bond motifs is 1. The Labute approximate surface area is 121 Å². The molecule has 0 unspecified atom stereocenters. The van der Waals surface area contributed by atoms with Gasteiger partial charge in [-0.05, 0) is 30.9 Å². The highest BCUT2D eigenvalue weighted by Crippen LogP contribution is 2.30. The number of nitrogens with one attached hydrogen (secondary N) is 1. The van der Waals surface area contributed by atoms with Gasteiger partial charge in [0.05, 0.1) is 18.4 Å². The van der Waals surface area contributed by atoms with E-state index in [-0.39, 0.29) is 12.5 Å². The summed E-state index contributed by atoms with van der Waals surface area (Å²) in [5.74, 6) is -0.0629. The first-order valence-electron chi connectivity index (χ1n) is 6.71. The summed E-state index contributed by atoms with van der Waals surface area (Å²) in [6.07, 6.45) is 5.33. The highest BCUT2D eigenvalue weighted by Gasteiger charge is 2.15. The number of thiophene rings is 1. The molecule has 6 nitrogen and oxygen atoms in total. The van der Waals surface area contributed by atoms with Crippen molar-refractivity contribution in [3.05, 3.63) is 33.3 Å². The van der Waals surface area contributed by atoms with Crippen LogP contribution in [-0.2, 0) is 37.3 Å². The zero-order chi connectivity index (χ0) is 13.9. The first-order chi connectivity index (χ1) is 9.74. The molecule has 7 heteroatoms. The van der Waals surface area contributed by atoms with Crippen molar-refractivity contribution in [3.8, 4) is 0 Å². The fourth-order valence-electron chi connectivity index (χ4n) is 2.38. The number of aromatic nitrogens is 3. The zero-order valence-electron chi connectivity index (χ0n) is 11.1. The summed E-state index contributed by atoms with van der Waals surface area (Å²) in [6, 6.07) is 2.22. The Hall–Kier alpha value is -1.73. The molecule has 0 saturated heterocycles. The molecular weight excluding hydrogens is 274 g/mol. The lowest BCUT2D eigenvalue weighted by atomic mass is 10.2. The van der Waals surface area contributed by atoms with Gasteiger partial charge in [-0.25, -0.2) is 4.68 Å². The summed E-state index contributed by atoms with van der Waals surface area (Å²) in [5, 5.41) is 10.6. The molecule has 0 fully saturated rings. The largest absolute Gasteiger partial charge is 0.350 e. The Morgan fingerprint density at radius 2 is 2.40 bits per heavy atom. The molecule has 2 heterocycles. The summed E-state index contributed by atoms with van der Waals surface area (Å²) in [6.45, 7) is 1.11. The van der Waals surface area contributed by atoms with Gasteiger partial charge in [-0.15, -0.1) is 16.4 Å². The lowest BCUT2D eigenvalue weighted by Crippen LogP contribution is -2.27. The highest BCUT2D eigenvalue weighted by molar-refractivity contribution is 7.12. The summed E-state index contributed by atoms with van der Waals surface area (Å²) in [7, 11) is 0. The Bertz CT molecular complexity index is 597. The van der Waals surface area contributed by atoms with Crippen LogP contribution in [0.3, 0.4) is 0 Å². The van der Waals surface area contributed by atoms with Gasteiger partial charge in [-0.1, -0.05) is 5.21 Å². The van der Waals surface area contributed by atoms with Crippen LogP contribution in [0, 0.1) is 0 Å². The predicted octanol–water partition coefficient (Wildman–Crippen LogP) is 0.603. The van der Waals surface area contributed by atoms with E-state index in [0.717, 1.165) is 0 Å². The van der Waals surface area contributed by atoms with E-state index in [1.807, 2.05) is 11.3 Å². The third-order valence-electron chi connectivity index (χ3n) is 3.36. The van der Waals surface area contributed by atoms with Crippen molar-refractivity contribution in [1.82, 2.24) is 20.3 Å². The predicted molar refractivity (Wildman–Crippen MR) is 76.1 cm³/mol. The van der Waals surface area contributed by atoms with Crippen LogP contribution < -0.4 is 11.1 Å². The van der Waals surface area contributed by atoms with Gasteiger partial charge >= 0.3 is 0 Å². The first-order valence-corrected chi connectivity index (χ1v) is 7.52. The second-order valence-corrected chi connectivity index (χ2v) is 6.12. The SMILES string of the molecule is NCc1cn(CC(=O)NCc2cc3c(s2)CCC3)nn1. The third-order valence-corrected chi connectivity index (χ3v) is 4.60. The molecule has 0 aliphatic heterocycles. The summed E-state index contributed by atoms with van der Waals surface area (Å²) in [5.41, 5.74) is 7.60. The van der Waals surface area contributed by atoms with Crippen LogP contribution in [0.1, 0.15) is 27.4 Å². The van der Waals surface area contributed by atoms with Crippen LogP contribution >= 0.6 is 11.3 Å². The van der Waals surface area contributed by atoms with Gasteiger partial charge in [-0.3, -0.25) is 4.79 Å². The van der Waals surface area contributed by atoms with E-state index >= 15 is 0 Å². The molecule has 2 aromatic rings. The van der Waals surface area contributed by atoms with Crippen LogP contribution in [0.25, 0.3) is 0 Å². The molecule has 106 valence electrons. The van der Waals surface area contributed by atoms with E-state index in [9.17, 15) is 4.79 Å². The maximum atomic E-state index is 11.8. The smallest absolute Gasteiger partial charge is 0.242 e. The van der Waals surface area contributed by atoms with E-state index < -0.39 is 0 Å². The fourth-order valence-corrected chi connectivity index (χ4v) is 3.58. The lowest BCUT2D eigenvalue weighted by Gasteiger charge is -2.03. The molecule has 2 aromatic heterocycles. The number of carbonyl (C=O) groups excluding carboxylic acids is 1. The Morgan fingerprint density at radius 3 is 3.15 bits per heavy atom. The van der Waals surface area contributed by atoms with Gasteiger partial charge in [-0.2, -0.15) is 0 Å². The average Bonchev–Trinajstić information content (AvgIpc) is 3.11. The number of nitrogens with two attached hydrogens (primary N) is 1. The zero-order valence-corrected chi connectivity index (χ0v) is 11.9. The second-order valence-electron chi connectivity index (χ2n) is 4.90. The molecular formula is C13H17N5OS. The lowest BCUT2D eigenvalue weighted by molar-refractivity contribution is -0.122. The number of hydrogen-bond donors (Lipinski definition) is 2. The number of aryl methyl sites for hydroxylation is 2. The van der Waals surface area contributed by atoms with Gasteiger partial charge in [0.2, 0.25) is 5.91 Å². The minimum Gasteiger partial charge on any atom is -0.350 e. The summed E-state index contributed by atoms with van der Waals surface area (Å²) in [4.78, 5) is 14.5. The van der Waals surface area contributed by atoms with Crippen LogP contribution in [0.2, 0.25) is 0 Å². The molecule has 0 spiro atoms. The topological polar surface area (TPSA) is 85.8 Å². The van der Waals surface area contributed by atoms with E-state index in [1.54, 1.807) is 6.20 Å². The first kappa shape index (κ1) is 13.3. The van der Waals surface area contributed by atoms with Gasteiger partial charge in [0.15, 0.2) is 0 Å². The molecule has 0 atom stereocenters. The molecule has 3 N–H and O–H groups in total. The van der Waals surface area contributed by atoms with Crippen LogP contribution in [0.4, 0.5) is 0 Å². The second kappa shape index (κ2) is 5.72. The molecule has 1 aliphatic carbocycles. The number of hydrogen-bond acceptors (Lipinski definition) is 5. The minimum atomic E-state index is -0.0629. The maximum Gasteiger partial charge on any atom is 0.242 e. The molecule has 20 heavy (non-hydrogen) atoms. The fraction of sp³-hybridized carbons (Fsp3) is 0.462. The van der Waals surface area contributed by atoms with Gasteiger partial charge in [0.1, 0.15) is 6.54 Å².